The van der Waals surface area contributed by atoms with Gasteiger partial charge in [-0.1, -0.05) is 44.6 Å². The number of hydrogen-bond donors (Lipinski definition) is 0. The van der Waals surface area contributed by atoms with Crippen LogP contribution in [0.15, 0.2) is 23.8 Å². The van der Waals surface area contributed by atoms with Crippen LogP contribution in [0.25, 0.3) is 0 Å². The van der Waals surface area contributed by atoms with Crippen LogP contribution in [-0.2, 0) is 0 Å². The van der Waals surface area contributed by atoms with Crippen molar-refractivity contribution in [1.29, 1.82) is 0 Å². The largest absolute Gasteiger partial charge is 0.0842 e. The molecule has 0 heteroatoms. The van der Waals surface area contributed by atoms with Gasteiger partial charge >= 0.3 is 0 Å². The van der Waals surface area contributed by atoms with Gasteiger partial charge in [-0.3, -0.25) is 0 Å². The lowest BCUT2D eigenvalue weighted by molar-refractivity contribution is 0.466. The Morgan fingerprint density at radius 3 is 2.45 bits per heavy atom. The summed E-state index contributed by atoms with van der Waals surface area (Å²) in [7, 11) is 0. The molecule has 0 aliphatic heterocycles. The molecular formula is C11H18. The molecule has 0 spiro atoms. The Morgan fingerprint density at radius 2 is 2.00 bits per heavy atom. The third-order valence-electron chi connectivity index (χ3n) is 2.63. The van der Waals surface area contributed by atoms with Gasteiger partial charge in [0.2, 0.25) is 0 Å². The maximum Gasteiger partial charge on any atom is -0.0205 e. The standard InChI is InChI=1S/C11H18/c1-9(2)10(3)11-7-5-4-6-8-11/h4-5,7,9-10H,6,8H2,1-3H3. The lowest BCUT2D eigenvalue weighted by Crippen LogP contribution is -2.08. The van der Waals surface area contributed by atoms with E-state index in [0.717, 1.165) is 11.8 Å². The summed E-state index contributed by atoms with van der Waals surface area (Å²) in [6.45, 7) is 6.92. The minimum atomic E-state index is 0.764. The highest BCUT2D eigenvalue weighted by molar-refractivity contribution is 5.19. The Morgan fingerprint density at radius 1 is 1.27 bits per heavy atom. The molecule has 0 bridgehead atoms. The van der Waals surface area contributed by atoms with E-state index in [1.807, 2.05) is 0 Å². The summed E-state index contributed by atoms with van der Waals surface area (Å²) in [4.78, 5) is 0. The summed E-state index contributed by atoms with van der Waals surface area (Å²) in [6, 6.07) is 0. The predicted octanol–water partition coefficient (Wildman–Crippen LogP) is 3.55. The van der Waals surface area contributed by atoms with Crippen LogP contribution < -0.4 is 0 Å². The molecule has 0 saturated heterocycles. The summed E-state index contributed by atoms with van der Waals surface area (Å²) < 4.78 is 0. The highest BCUT2D eigenvalue weighted by Gasteiger charge is 2.12. The van der Waals surface area contributed by atoms with Gasteiger partial charge in [0.1, 0.15) is 0 Å². The monoisotopic (exact) mass is 150 g/mol. The molecule has 0 N–H and O–H groups in total. The molecule has 11 heavy (non-hydrogen) atoms. The molecule has 0 nitrogen and oxygen atoms in total. The van der Waals surface area contributed by atoms with Gasteiger partial charge in [0, 0.05) is 0 Å². The molecule has 0 fully saturated rings. The molecular weight excluding hydrogens is 132 g/mol. The van der Waals surface area contributed by atoms with E-state index in [0.29, 0.717) is 0 Å². The molecule has 0 amide bonds. The summed E-state index contributed by atoms with van der Waals surface area (Å²) in [6.07, 6.45) is 9.24. The zero-order valence-corrected chi connectivity index (χ0v) is 7.80. The van der Waals surface area contributed by atoms with Crippen molar-refractivity contribution in [3.8, 4) is 0 Å². The predicted molar refractivity (Wildman–Crippen MR) is 50.5 cm³/mol. The molecule has 0 aromatic rings. The summed E-state index contributed by atoms with van der Waals surface area (Å²) >= 11 is 0. The van der Waals surface area contributed by atoms with Crippen LogP contribution in [0.5, 0.6) is 0 Å². The van der Waals surface area contributed by atoms with Gasteiger partial charge in [-0.25, -0.2) is 0 Å². The molecule has 0 radical (unpaired) electrons. The first-order chi connectivity index (χ1) is 5.22. The smallest absolute Gasteiger partial charge is 0.0205 e. The number of allylic oxidation sites excluding steroid dienone is 4. The Labute approximate surface area is 70.0 Å². The van der Waals surface area contributed by atoms with E-state index >= 15 is 0 Å². The minimum absolute atomic E-state index is 0.764. The van der Waals surface area contributed by atoms with E-state index in [1.165, 1.54) is 12.8 Å². The molecule has 1 aliphatic rings. The molecule has 0 heterocycles. The van der Waals surface area contributed by atoms with E-state index in [9.17, 15) is 0 Å². The molecule has 1 atom stereocenters. The van der Waals surface area contributed by atoms with Gasteiger partial charge in [0.15, 0.2) is 0 Å². The Hall–Kier alpha value is -0.520. The SMILES string of the molecule is CC(C)C(C)C1=CC=CCC1. The van der Waals surface area contributed by atoms with Crippen LogP contribution in [0.1, 0.15) is 33.6 Å². The van der Waals surface area contributed by atoms with Crippen molar-refractivity contribution in [2.75, 3.05) is 0 Å². The zero-order valence-electron chi connectivity index (χ0n) is 7.80. The van der Waals surface area contributed by atoms with E-state index in [2.05, 4.69) is 39.0 Å². The van der Waals surface area contributed by atoms with E-state index in [1.54, 1.807) is 5.57 Å². The lowest BCUT2D eigenvalue weighted by atomic mass is 9.86. The van der Waals surface area contributed by atoms with Crippen molar-refractivity contribution in [3.63, 3.8) is 0 Å². The van der Waals surface area contributed by atoms with Gasteiger partial charge in [-0.2, -0.15) is 0 Å². The maximum absolute atomic E-state index is 2.33. The van der Waals surface area contributed by atoms with Gasteiger partial charge in [-0.05, 0) is 24.7 Å². The van der Waals surface area contributed by atoms with Crippen molar-refractivity contribution >= 4 is 0 Å². The molecule has 0 aromatic carbocycles. The van der Waals surface area contributed by atoms with E-state index < -0.39 is 0 Å². The van der Waals surface area contributed by atoms with Crippen LogP contribution in [0.2, 0.25) is 0 Å². The van der Waals surface area contributed by atoms with Crippen molar-refractivity contribution in [2.24, 2.45) is 11.8 Å². The molecule has 1 unspecified atom stereocenters. The first-order valence-corrected chi connectivity index (χ1v) is 4.57. The molecule has 0 aromatic heterocycles. The summed E-state index contributed by atoms with van der Waals surface area (Å²) in [5.74, 6) is 1.55. The van der Waals surface area contributed by atoms with E-state index in [-0.39, 0.29) is 0 Å². The Bertz CT molecular complexity index is 172. The number of hydrogen-bond acceptors (Lipinski definition) is 0. The second-order valence-corrected chi connectivity index (χ2v) is 3.74. The molecule has 0 saturated carbocycles. The Balaban J connectivity index is 2.58. The van der Waals surface area contributed by atoms with Crippen LogP contribution in [0.4, 0.5) is 0 Å². The topological polar surface area (TPSA) is 0 Å². The molecule has 1 aliphatic carbocycles. The van der Waals surface area contributed by atoms with E-state index in [4.69, 9.17) is 0 Å². The average Bonchev–Trinajstić information content (AvgIpc) is 2.05. The number of rotatable bonds is 2. The van der Waals surface area contributed by atoms with Crippen LogP contribution >= 0.6 is 0 Å². The van der Waals surface area contributed by atoms with Crippen LogP contribution in [0.3, 0.4) is 0 Å². The van der Waals surface area contributed by atoms with Gasteiger partial charge in [-0.15, -0.1) is 0 Å². The maximum atomic E-state index is 2.33. The van der Waals surface area contributed by atoms with Crippen LogP contribution in [0, 0.1) is 11.8 Å². The quantitative estimate of drug-likeness (QED) is 0.564. The highest BCUT2D eigenvalue weighted by Crippen LogP contribution is 2.25. The normalized spacial score (nSPS) is 20.2. The van der Waals surface area contributed by atoms with Crippen molar-refractivity contribution < 1.29 is 0 Å². The fourth-order valence-corrected chi connectivity index (χ4v) is 1.43. The third-order valence-corrected chi connectivity index (χ3v) is 2.63. The first-order valence-electron chi connectivity index (χ1n) is 4.57. The van der Waals surface area contributed by atoms with Gasteiger partial charge in [0.25, 0.3) is 0 Å². The molecule has 1 rings (SSSR count). The van der Waals surface area contributed by atoms with Crippen LogP contribution in [-0.4, -0.2) is 0 Å². The second kappa shape index (κ2) is 3.75. The fraction of sp³-hybridized carbons (Fsp3) is 0.636. The van der Waals surface area contributed by atoms with Crippen molar-refractivity contribution in [2.45, 2.75) is 33.6 Å². The van der Waals surface area contributed by atoms with Crippen molar-refractivity contribution in [3.05, 3.63) is 23.8 Å². The fourth-order valence-electron chi connectivity index (χ4n) is 1.43. The van der Waals surface area contributed by atoms with Crippen molar-refractivity contribution in [1.82, 2.24) is 0 Å². The highest BCUT2D eigenvalue weighted by atomic mass is 14.2. The van der Waals surface area contributed by atoms with Gasteiger partial charge < -0.3 is 0 Å². The third kappa shape index (κ3) is 2.21. The lowest BCUT2D eigenvalue weighted by Gasteiger charge is -2.20. The second-order valence-electron chi connectivity index (χ2n) is 3.74. The first kappa shape index (κ1) is 8.58. The average molecular weight is 150 g/mol. The minimum Gasteiger partial charge on any atom is -0.0842 e. The Kier molecular flexibility index (Phi) is 2.92. The summed E-state index contributed by atoms with van der Waals surface area (Å²) in [5.41, 5.74) is 1.63. The zero-order chi connectivity index (χ0) is 8.27. The summed E-state index contributed by atoms with van der Waals surface area (Å²) in [5, 5.41) is 0. The van der Waals surface area contributed by atoms with Gasteiger partial charge in [0.05, 0.1) is 0 Å². The molecule has 62 valence electrons.